The van der Waals surface area contributed by atoms with Crippen LogP contribution in [0, 0.1) is 0 Å². The molecule has 0 spiro atoms. The van der Waals surface area contributed by atoms with E-state index in [0.29, 0.717) is 0 Å². The molecular weight excluding hydrogens is 240 g/mol. The van der Waals surface area contributed by atoms with Gasteiger partial charge in [-0.2, -0.15) is 0 Å². The molecular formula is C15H24N2O2. The molecule has 1 saturated heterocycles. The maximum absolute atomic E-state index is 5.83. The van der Waals surface area contributed by atoms with Gasteiger partial charge in [-0.1, -0.05) is 13.3 Å². The fourth-order valence-corrected chi connectivity index (χ4v) is 3.13. The molecule has 2 rings (SSSR count). The second-order valence-electron chi connectivity index (χ2n) is 5.13. The van der Waals surface area contributed by atoms with Gasteiger partial charge in [-0.25, -0.2) is 0 Å². The molecule has 0 amide bonds. The number of nitrogens with zero attached hydrogens (tertiary/aromatic N) is 1. The SMILES string of the molecule is CC[C@]1([C@H](OC)c2cnccc2OC)CCCCN1. The lowest BCUT2D eigenvalue weighted by atomic mass is 9.78. The number of ether oxygens (including phenoxy) is 2. The monoisotopic (exact) mass is 264 g/mol. The van der Waals surface area contributed by atoms with Crippen LogP contribution in [0.5, 0.6) is 5.75 Å². The largest absolute Gasteiger partial charge is 0.496 e. The molecule has 2 heterocycles. The van der Waals surface area contributed by atoms with Gasteiger partial charge in [0, 0.05) is 30.6 Å². The van der Waals surface area contributed by atoms with Crippen molar-refractivity contribution in [1.82, 2.24) is 10.3 Å². The second-order valence-corrected chi connectivity index (χ2v) is 5.13. The zero-order valence-electron chi connectivity index (χ0n) is 12.1. The number of rotatable bonds is 5. The number of nitrogens with one attached hydrogen (secondary N) is 1. The second kappa shape index (κ2) is 6.35. The Hall–Kier alpha value is -1.13. The number of hydrogen-bond donors (Lipinski definition) is 1. The van der Waals surface area contributed by atoms with Crippen LogP contribution in [0.25, 0.3) is 0 Å². The zero-order valence-corrected chi connectivity index (χ0v) is 12.1. The Morgan fingerprint density at radius 3 is 2.84 bits per heavy atom. The molecule has 0 aromatic carbocycles. The fraction of sp³-hybridized carbons (Fsp3) is 0.667. The third-order valence-corrected chi connectivity index (χ3v) is 4.21. The number of aromatic nitrogens is 1. The van der Waals surface area contributed by atoms with Crippen molar-refractivity contribution >= 4 is 0 Å². The van der Waals surface area contributed by atoms with Gasteiger partial charge in [-0.05, 0) is 31.9 Å². The van der Waals surface area contributed by atoms with Gasteiger partial charge in [-0.15, -0.1) is 0 Å². The number of pyridine rings is 1. The topological polar surface area (TPSA) is 43.4 Å². The van der Waals surface area contributed by atoms with E-state index in [-0.39, 0.29) is 11.6 Å². The first kappa shape index (κ1) is 14.3. The summed E-state index contributed by atoms with van der Waals surface area (Å²) in [5.41, 5.74) is 1.02. The first-order valence-electron chi connectivity index (χ1n) is 7.03. The minimum absolute atomic E-state index is 0.0106. The van der Waals surface area contributed by atoms with E-state index >= 15 is 0 Å². The van der Waals surface area contributed by atoms with Crippen LogP contribution in [0.4, 0.5) is 0 Å². The molecule has 0 saturated carbocycles. The molecule has 0 aliphatic carbocycles. The molecule has 2 atom stereocenters. The lowest BCUT2D eigenvalue weighted by molar-refractivity contribution is -0.00288. The van der Waals surface area contributed by atoms with E-state index in [0.717, 1.165) is 30.7 Å². The van der Waals surface area contributed by atoms with E-state index in [1.165, 1.54) is 12.8 Å². The van der Waals surface area contributed by atoms with E-state index < -0.39 is 0 Å². The van der Waals surface area contributed by atoms with E-state index in [1.807, 2.05) is 12.3 Å². The third-order valence-electron chi connectivity index (χ3n) is 4.21. The predicted octanol–water partition coefficient (Wildman–Crippen LogP) is 2.70. The lowest BCUT2D eigenvalue weighted by Crippen LogP contribution is -2.53. The Bertz CT molecular complexity index is 403. The molecule has 106 valence electrons. The van der Waals surface area contributed by atoms with E-state index in [4.69, 9.17) is 9.47 Å². The van der Waals surface area contributed by atoms with Crippen molar-refractivity contribution in [2.24, 2.45) is 0 Å². The molecule has 1 aromatic heterocycles. The highest BCUT2D eigenvalue weighted by atomic mass is 16.5. The fourth-order valence-electron chi connectivity index (χ4n) is 3.13. The Kier molecular flexibility index (Phi) is 4.77. The van der Waals surface area contributed by atoms with Gasteiger partial charge >= 0.3 is 0 Å². The van der Waals surface area contributed by atoms with E-state index in [1.54, 1.807) is 20.4 Å². The lowest BCUT2D eigenvalue weighted by Gasteiger charge is -2.43. The third kappa shape index (κ3) is 2.74. The van der Waals surface area contributed by atoms with Crippen LogP contribution in [-0.2, 0) is 4.74 Å². The molecule has 1 aromatic rings. The van der Waals surface area contributed by atoms with Crippen molar-refractivity contribution in [2.45, 2.75) is 44.2 Å². The van der Waals surface area contributed by atoms with Crippen molar-refractivity contribution in [3.8, 4) is 5.75 Å². The Morgan fingerprint density at radius 2 is 2.26 bits per heavy atom. The van der Waals surface area contributed by atoms with Crippen molar-refractivity contribution in [3.05, 3.63) is 24.0 Å². The highest BCUT2D eigenvalue weighted by Gasteiger charge is 2.40. The summed E-state index contributed by atoms with van der Waals surface area (Å²) in [7, 11) is 3.46. The standard InChI is InChI=1S/C15H24N2O2/c1-4-15(8-5-6-9-17-15)14(19-3)12-11-16-10-7-13(12)18-2/h7,10-11,14,17H,4-6,8-9H2,1-3H3/t14-,15-/m1/s1. The number of hydrogen-bond acceptors (Lipinski definition) is 4. The maximum atomic E-state index is 5.83. The molecule has 0 radical (unpaired) electrons. The first-order valence-corrected chi connectivity index (χ1v) is 7.03. The molecule has 4 nitrogen and oxygen atoms in total. The average Bonchev–Trinajstić information content (AvgIpc) is 2.49. The average molecular weight is 264 g/mol. The van der Waals surface area contributed by atoms with Crippen LogP contribution in [0.1, 0.15) is 44.3 Å². The first-order chi connectivity index (χ1) is 9.27. The smallest absolute Gasteiger partial charge is 0.127 e. The van der Waals surface area contributed by atoms with Gasteiger partial charge < -0.3 is 14.8 Å². The van der Waals surface area contributed by atoms with Gasteiger partial charge in [0.25, 0.3) is 0 Å². The minimum Gasteiger partial charge on any atom is -0.496 e. The predicted molar refractivity (Wildman–Crippen MR) is 75.4 cm³/mol. The quantitative estimate of drug-likeness (QED) is 0.888. The van der Waals surface area contributed by atoms with E-state index in [2.05, 4.69) is 17.2 Å². The summed E-state index contributed by atoms with van der Waals surface area (Å²) in [6.07, 6.45) is 8.22. The summed E-state index contributed by atoms with van der Waals surface area (Å²) in [6, 6.07) is 1.90. The van der Waals surface area contributed by atoms with E-state index in [9.17, 15) is 0 Å². The van der Waals surface area contributed by atoms with Gasteiger partial charge in [0.15, 0.2) is 0 Å². The van der Waals surface area contributed by atoms with Crippen molar-refractivity contribution in [3.63, 3.8) is 0 Å². The summed E-state index contributed by atoms with van der Waals surface area (Å²) >= 11 is 0. The number of methoxy groups -OCH3 is 2. The van der Waals surface area contributed by atoms with Crippen molar-refractivity contribution in [2.75, 3.05) is 20.8 Å². The molecule has 1 aliphatic heterocycles. The van der Waals surface area contributed by atoms with Gasteiger partial charge in [-0.3, -0.25) is 4.98 Å². The minimum atomic E-state index is -0.0264. The number of piperidine rings is 1. The Balaban J connectivity index is 2.36. The highest BCUT2D eigenvalue weighted by Crippen LogP contribution is 2.40. The zero-order chi connectivity index (χ0) is 13.7. The molecule has 19 heavy (non-hydrogen) atoms. The molecule has 0 unspecified atom stereocenters. The summed E-state index contributed by atoms with van der Waals surface area (Å²) in [5.74, 6) is 0.849. The molecule has 1 fully saturated rings. The van der Waals surface area contributed by atoms with Crippen LogP contribution >= 0.6 is 0 Å². The van der Waals surface area contributed by atoms with Crippen LogP contribution in [0.3, 0.4) is 0 Å². The normalized spacial score (nSPS) is 25.0. The van der Waals surface area contributed by atoms with Gasteiger partial charge in [0.1, 0.15) is 11.9 Å². The Labute approximate surface area is 115 Å². The molecule has 4 heteroatoms. The van der Waals surface area contributed by atoms with Crippen LogP contribution < -0.4 is 10.1 Å². The molecule has 1 N–H and O–H groups in total. The van der Waals surface area contributed by atoms with Crippen LogP contribution in [-0.4, -0.2) is 31.3 Å². The Morgan fingerprint density at radius 1 is 1.42 bits per heavy atom. The van der Waals surface area contributed by atoms with Crippen molar-refractivity contribution in [1.29, 1.82) is 0 Å². The maximum Gasteiger partial charge on any atom is 0.127 e. The summed E-state index contributed by atoms with van der Waals surface area (Å²) in [6.45, 7) is 3.27. The van der Waals surface area contributed by atoms with Crippen LogP contribution in [0.2, 0.25) is 0 Å². The summed E-state index contributed by atoms with van der Waals surface area (Å²) in [4.78, 5) is 4.23. The van der Waals surface area contributed by atoms with Gasteiger partial charge in [0.05, 0.1) is 7.11 Å². The molecule has 1 aliphatic rings. The molecule has 0 bridgehead atoms. The summed E-state index contributed by atoms with van der Waals surface area (Å²) in [5, 5.41) is 3.67. The van der Waals surface area contributed by atoms with Crippen molar-refractivity contribution < 1.29 is 9.47 Å². The van der Waals surface area contributed by atoms with Crippen LogP contribution in [0.15, 0.2) is 18.5 Å². The highest BCUT2D eigenvalue weighted by molar-refractivity contribution is 5.34. The van der Waals surface area contributed by atoms with Gasteiger partial charge in [0.2, 0.25) is 0 Å². The summed E-state index contributed by atoms with van der Waals surface area (Å²) < 4.78 is 11.3.